The third-order valence-corrected chi connectivity index (χ3v) is 5.91. The maximum absolute atomic E-state index is 12.7. The summed E-state index contributed by atoms with van der Waals surface area (Å²) in [6, 6.07) is 7.97. The molecule has 0 radical (unpaired) electrons. The minimum absolute atomic E-state index is 0.0589. The number of pyridine rings is 1. The Bertz CT molecular complexity index is 1410. The van der Waals surface area contributed by atoms with Gasteiger partial charge in [-0.15, -0.1) is 0 Å². The topological polar surface area (TPSA) is 166 Å². The first kappa shape index (κ1) is 20.2. The smallest absolute Gasteiger partial charge is 0.264 e. The van der Waals surface area contributed by atoms with Crippen molar-refractivity contribution < 1.29 is 18.0 Å². The summed E-state index contributed by atoms with van der Waals surface area (Å²) in [6.07, 6.45) is 0. The number of nitrogen functional groups attached to an aromatic ring is 1. The maximum atomic E-state index is 12.7. The molecule has 2 amide bonds. The van der Waals surface area contributed by atoms with Gasteiger partial charge in [0.2, 0.25) is 5.95 Å². The quantitative estimate of drug-likeness (QED) is 0.494. The highest BCUT2D eigenvalue weighted by atomic mass is 32.2. The second-order valence-electron chi connectivity index (χ2n) is 6.85. The SMILES string of the molecule is Cc1cc(C)nc(NS(=O)(=O)c2ccc(-n3c(N)c4c(cc3=O)C(=O)NC4=O)cc2)n1. The lowest BCUT2D eigenvalue weighted by atomic mass is 10.1. The minimum Gasteiger partial charge on any atom is -0.384 e. The Labute approximate surface area is 176 Å². The molecule has 3 heterocycles. The van der Waals surface area contributed by atoms with Crippen molar-refractivity contribution >= 4 is 33.6 Å². The van der Waals surface area contributed by atoms with E-state index in [1.165, 1.54) is 24.3 Å². The van der Waals surface area contributed by atoms with Crippen LogP contribution in [0, 0.1) is 13.8 Å². The van der Waals surface area contributed by atoms with Crippen molar-refractivity contribution in [3.63, 3.8) is 0 Å². The van der Waals surface area contributed by atoms with E-state index in [1.807, 2.05) is 0 Å². The minimum atomic E-state index is -3.99. The summed E-state index contributed by atoms with van der Waals surface area (Å²) < 4.78 is 28.7. The summed E-state index contributed by atoms with van der Waals surface area (Å²) in [7, 11) is -3.99. The van der Waals surface area contributed by atoms with Crippen molar-refractivity contribution in [3.05, 3.63) is 69.3 Å². The van der Waals surface area contributed by atoms with Crippen LogP contribution in [0.2, 0.25) is 0 Å². The summed E-state index contributed by atoms with van der Waals surface area (Å²) in [5.41, 5.74) is 6.57. The highest BCUT2D eigenvalue weighted by Crippen LogP contribution is 2.24. The van der Waals surface area contributed by atoms with Gasteiger partial charge >= 0.3 is 0 Å². The van der Waals surface area contributed by atoms with E-state index in [0.717, 1.165) is 10.6 Å². The predicted octanol–water partition coefficient (Wildman–Crippen LogP) is 0.511. The van der Waals surface area contributed by atoms with Gasteiger partial charge in [-0.1, -0.05) is 0 Å². The molecule has 1 aromatic carbocycles. The van der Waals surface area contributed by atoms with E-state index in [0.29, 0.717) is 11.4 Å². The second-order valence-corrected chi connectivity index (χ2v) is 8.53. The van der Waals surface area contributed by atoms with Gasteiger partial charge in [0, 0.05) is 17.5 Å². The van der Waals surface area contributed by atoms with E-state index in [4.69, 9.17) is 5.73 Å². The van der Waals surface area contributed by atoms with E-state index in [2.05, 4.69) is 20.0 Å². The lowest BCUT2D eigenvalue weighted by Gasteiger charge is -2.13. The number of hydrogen-bond donors (Lipinski definition) is 3. The van der Waals surface area contributed by atoms with Crippen LogP contribution in [0.1, 0.15) is 32.1 Å². The first-order valence-corrected chi connectivity index (χ1v) is 10.4. The number of sulfonamides is 1. The Morgan fingerprint density at radius 3 is 2.19 bits per heavy atom. The first-order valence-electron chi connectivity index (χ1n) is 8.93. The molecule has 4 rings (SSSR count). The van der Waals surface area contributed by atoms with Crippen molar-refractivity contribution in [2.75, 3.05) is 10.5 Å². The van der Waals surface area contributed by atoms with Crippen molar-refractivity contribution in [2.45, 2.75) is 18.7 Å². The largest absolute Gasteiger partial charge is 0.384 e. The Balaban J connectivity index is 1.71. The van der Waals surface area contributed by atoms with E-state index >= 15 is 0 Å². The number of benzene rings is 1. The molecule has 3 aromatic rings. The van der Waals surface area contributed by atoms with E-state index in [-0.39, 0.29) is 33.5 Å². The molecule has 0 aliphatic carbocycles. The number of rotatable bonds is 4. The van der Waals surface area contributed by atoms with Gasteiger partial charge in [-0.25, -0.2) is 23.1 Å². The highest BCUT2D eigenvalue weighted by Gasteiger charge is 2.31. The number of aryl methyl sites for hydroxylation is 2. The molecule has 4 N–H and O–H groups in total. The highest BCUT2D eigenvalue weighted by molar-refractivity contribution is 7.92. The number of aromatic nitrogens is 3. The van der Waals surface area contributed by atoms with Crippen LogP contribution in [0.15, 0.2) is 46.1 Å². The maximum Gasteiger partial charge on any atom is 0.264 e. The summed E-state index contributed by atoms with van der Waals surface area (Å²) in [5, 5.41) is 2.08. The molecule has 2 aromatic heterocycles. The fourth-order valence-electron chi connectivity index (χ4n) is 3.27. The molecule has 1 aliphatic heterocycles. The molecular weight excluding hydrogens is 424 g/mol. The number of nitrogens with zero attached hydrogens (tertiary/aromatic N) is 3. The lowest BCUT2D eigenvalue weighted by molar-refractivity contribution is 0.0880. The molecule has 0 fully saturated rings. The zero-order valence-electron chi connectivity index (χ0n) is 16.3. The molecule has 0 spiro atoms. The number of nitrogens with one attached hydrogen (secondary N) is 2. The molecule has 12 heteroatoms. The van der Waals surface area contributed by atoms with Crippen molar-refractivity contribution in [1.29, 1.82) is 0 Å². The zero-order chi connectivity index (χ0) is 22.5. The molecule has 11 nitrogen and oxygen atoms in total. The molecule has 1 aliphatic rings. The first-order chi connectivity index (χ1) is 14.6. The van der Waals surface area contributed by atoms with Crippen LogP contribution in [-0.2, 0) is 10.0 Å². The molecule has 0 atom stereocenters. The van der Waals surface area contributed by atoms with E-state index < -0.39 is 27.4 Å². The third-order valence-electron chi connectivity index (χ3n) is 4.57. The number of fused-ring (bicyclic) bond motifs is 1. The molecular formula is C19H16N6O5S. The van der Waals surface area contributed by atoms with Crippen molar-refractivity contribution in [1.82, 2.24) is 19.9 Å². The molecule has 0 saturated heterocycles. The molecule has 0 unspecified atom stereocenters. The van der Waals surface area contributed by atoms with Crippen LogP contribution >= 0.6 is 0 Å². The molecule has 31 heavy (non-hydrogen) atoms. The summed E-state index contributed by atoms with van der Waals surface area (Å²) in [5.74, 6) is -1.68. The average molecular weight is 440 g/mol. The van der Waals surface area contributed by atoms with Gasteiger partial charge in [0.25, 0.3) is 27.4 Å². The third kappa shape index (κ3) is 3.53. The van der Waals surface area contributed by atoms with Crippen molar-refractivity contribution in [2.24, 2.45) is 0 Å². The number of amides is 2. The van der Waals surface area contributed by atoms with Crippen LogP contribution in [0.4, 0.5) is 11.8 Å². The summed E-state index contributed by atoms with van der Waals surface area (Å²) in [6.45, 7) is 3.43. The molecule has 0 bridgehead atoms. The average Bonchev–Trinajstić information content (AvgIpc) is 2.94. The number of carbonyl (C=O) groups is 2. The lowest BCUT2D eigenvalue weighted by Crippen LogP contribution is -2.24. The van der Waals surface area contributed by atoms with Gasteiger partial charge < -0.3 is 5.73 Å². The van der Waals surface area contributed by atoms with Crippen molar-refractivity contribution in [3.8, 4) is 5.69 Å². The monoisotopic (exact) mass is 440 g/mol. The fourth-order valence-corrected chi connectivity index (χ4v) is 4.21. The number of nitrogens with two attached hydrogens (primary N) is 1. The van der Waals surface area contributed by atoms with E-state index in [1.54, 1.807) is 19.9 Å². The molecule has 0 saturated carbocycles. The van der Waals surface area contributed by atoms with Gasteiger partial charge in [-0.05, 0) is 44.2 Å². The number of imide groups is 1. The van der Waals surface area contributed by atoms with Gasteiger partial charge in [0.1, 0.15) is 5.82 Å². The molecule has 158 valence electrons. The fraction of sp³-hybridized carbons (Fsp3) is 0.105. The van der Waals surface area contributed by atoms with Gasteiger partial charge in [-0.3, -0.25) is 24.3 Å². The standard InChI is InChI=1S/C19H16N6O5S/c1-9-7-10(2)22-19(21-9)24-31(29,30)12-5-3-11(4-6-12)25-14(26)8-13-15(16(25)20)18(28)23-17(13)27/h3-8H,20H2,1-2H3,(H,21,22,24)(H,23,27,28). The van der Waals surface area contributed by atoms with Gasteiger partial charge in [-0.2, -0.15) is 0 Å². The Morgan fingerprint density at radius 1 is 0.968 bits per heavy atom. The Hall–Kier alpha value is -4.06. The predicted molar refractivity (Wildman–Crippen MR) is 111 cm³/mol. The van der Waals surface area contributed by atoms with Crippen LogP contribution in [0.3, 0.4) is 0 Å². The summed E-state index contributed by atoms with van der Waals surface area (Å²) >= 11 is 0. The normalized spacial score (nSPS) is 13.1. The Kier molecular flexibility index (Phi) is 4.58. The number of anilines is 2. The van der Waals surface area contributed by atoms with Crippen LogP contribution in [0.5, 0.6) is 0 Å². The van der Waals surface area contributed by atoms with Gasteiger partial charge in [0.15, 0.2) is 0 Å². The van der Waals surface area contributed by atoms with Crippen LogP contribution in [0.25, 0.3) is 5.69 Å². The second kappa shape index (κ2) is 7.02. The van der Waals surface area contributed by atoms with Gasteiger partial charge in [0.05, 0.1) is 21.7 Å². The zero-order valence-corrected chi connectivity index (χ0v) is 17.1. The number of carbonyl (C=O) groups excluding carboxylic acids is 2. The van der Waals surface area contributed by atoms with E-state index in [9.17, 15) is 22.8 Å². The summed E-state index contributed by atoms with van der Waals surface area (Å²) in [4.78, 5) is 44.2. The Morgan fingerprint density at radius 2 is 1.58 bits per heavy atom. The van der Waals surface area contributed by atoms with Crippen LogP contribution < -0.4 is 21.3 Å². The number of hydrogen-bond acceptors (Lipinski definition) is 8. The van der Waals surface area contributed by atoms with Crippen LogP contribution in [-0.4, -0.2) is 34.8 Å².